The van der Waals surface area contributed by atoms with Crippen LogP contribution in [0.15, 0.2) is 25.0 Å². The Morgan fingerprint density at radius 2 is 2.05 bits per heavy atom. The van der Waals surface area contributed by atoms with Gasteiger partial charge in [-0.2, -0.15) is 0 Å². The number of anilines is 2. The van der Waals surface area contributed by atoms with Crippen molar-refractivity contribution in [1.82, 2.24) is 19.5 Å². The molecule has 6 heteroatoms. The molecular weight excluding hydrogens is 252 g/mol. The fraction of sp³-hybridized carbons (Fsp3) is 0.500. The van der Waals surface area contributed by atoms with Crippen molar-refractivity contribution in [2.75, 3.05) is 24.2 Å². The van der Waals surface area contributed by atoms with E-state index in [-0.39, 0.29) is 0 Å². The molecule has 6 nitrogen and oxygen atoms in total. The Kier molecular flexibility index (Phi) is 4.92. The molecule has 0 spiro atoms. The zero-order valence-electron chi connectivity index (χ0n) is 12.3. The van der Waals surface area contributed by atoms with Gasteiger partial charge < -0.3 is 15.2 Å². The predicted octanol–water partition coefficient (Wildman–Crippen LogP) is 2.34. The molecule has 0 saturated carbocycles. The van der Waals surface area contributed by atoms with Crippen molar-refractivity contribution in [2.45, 2.75) is 32.7 Å². The number of imidazole rings is 1. The predicted molar refractivity (Wildman–Crippen MR) is 81.0 cm³/mol. The van der Waals surface area contributed by atoms with E-state index in [1.807, 2.05) is 19.6 Å². The lowest BCUT2D eigenvalue weighted by atomic mass is 10.0. The monoisotopic (exact) mass is 274 g/mol. The number of hydrogen-bond donors (Lipinski definition) is 2. The van der Waals surface area contributed by atoms with Gasteiger partial charge in [-0.05, 0) is 12.3 Å². The van der Waals surface area contributed by atoms with Crippen molar-refractivity contribution in [2.24, 2.45) is 0 Å². The summed E-state index contributed by atoms with van der Waals surface area (Å²) in [5.41, 5.74) is 1.14. The number of nitrogens with one attached hydrogen (secondary N) is 2. The van der Waals surface area contributed by atoms with E-state index < -0.39 is 0 Å². The summed E-state index contributed by atoms with van der Waals surface area (Å²) in [6, 6.07) is 0. The molecule has 108 valence electrons. The second kappa shape index (κ2) is 6.88. The molecule has 2 rings (SSSR count). The Morgan fingerprint density at radius 1 is 1.25 bits per heavy atom. The first-order valence-electron chi connectivity index (χ1n) is 6.94. The normalized spacial score (nSPS) is 10.8. The average molecular weight is 274 g/mol. The minimum absolute atomic E-state index is 0.370. The van der Waals surface area contributed by atoms with Gasteiger partial charge in [0, 0.05) is 38.1 Å². The van der Waals surface area contributed by atoms with Gasteiger partial charge in [0.05, 0.1) is 6.33 Å². The van der Waals surface area contributed by atoms with Crippen LogP contribution in [0.25, 0.3) is 0 Å². The van der Waals surface area contributed by atoms with Gasteiger partial charge in [-0.3, -0.25) is 0 Å². The summed E-state index contributed by atoms with van der Waals surface area (Å²) in [5.74, 6) is 2.19. The van der Waals surface area contributed by atoms with Gasteiger partial charge in [0.1, 0.15) is 18.0 Å². The lowest BCUT2D eigenvalue weighted by Crippen LogP contribution is -2.12. The molecule has 2 aromatic rings. The molecule has 0 aliphatic rings. The fourth-order valence-electron chi connectivity index (χ4n) is 2.17. The first kappa shape index (κ1) is 14.3. The molecule has 0 atom stereocenters. The molecule has 2 N–H and O–H groups in total. The first-order valence-corrected chi connectivity index (χ1v) is 6.94. The summed E-state index contributed by atoms with van der Waals surface area (Å²) >= 11 is 0. The molecular formula is C14H22N6. The zero-order valence-corrected chi connectivity index (χ0v) is 12.3. The third kappa shape index (κ3) is 3.46. The third-order valence-corrected chi connectivity index (χ3v) is 3.14. The van der Waals surface area contributed by atoms with E-state index in [1.54, 1.807) is 12.5 Å². The maximum atomic E-state index is 4.36. The summed E-state index contributed by atoms with van der Waals surface area (Å²) in [5, 5.41) is 6.53. The van der Waals surface area contributed by atoms with Gasteiger partial charge in [-0.1, -0.05) is 13.8 Å². The van der Waals surface area contributed by atoms with Crippen LogP contribution in [0.3, 0.4) is 0 Å². The van der Waals surface area contributed by atoms with Crippen LogP contribution >= 0.6 is 0 Å². The summed E-state index contributed by atoms with van der Waals surface area (Å²) < 4.78 is 2.07. The maximum absolute atomic E-state index is 4.36. The van der Waals surface area contributed by atoms with Gasteiger partial charge in [0.15, 0.2) is 0 Å². The Balaban J connectivity index is 1.95. The topological polar surface area (TPSA) is 67.7 Å². The van der Waals surface area contributed by atoms with Crippen LogP contribution in [0.4, 0.5) is 11.6 Å². The quantitative estimate of drug-likeness (QED) is 0.759. The van der Waals surface area contributed by atoms with E-state index >= 15 is 0 Å². The standard InChI is InChI=1S/C14H22N6/c1-11(2)12-13(15-3)18-9-19-14(12)17-5-4-7-20-8-6-16-10-20/h6,8-11H,4-5,7H2,1-3H3,(H2,15,17,18,19). The Labute approximate surface area is 119 Å². The van der Waals surface area contributed by atoms with Crippen molar-refractivity contribution in [3.63, 3.8) is 0 Å². The van der Waals surface area contributed by atoms with Gasteiger partial charge >= 0.3 is 0 Å². The molecule has 0 saturated heterocycles. The largest absolute Gasteiger partial charge is 0.373 e. The summed E-state index contributed by atoms with van der Waals surface area (Å²) in [4.78, 5) is 12.7. The second-order valence-electron chi connectivity index (χ2n) is 4.97. The lowest BCUT2D eigenvalue weighted by molar-refractivity contribution is 0.659. The molecule has 0 aliphatic carbocycles. The molecule has 0 aliphatic heterocycles. The highest BCUT2D eigenvalue weighted by molar-refractivity contribution is 5.58. The summed E-state index contributed by atoms with van der Waals surface area (Å²) in [6.45, 7) is 6.12. The molecule has 0 amide bonds. The van der Waals surface area contributed by atoms with E-state index in [9.17, 15) is 0 Å². The number of rotatable bonds is 7. The smallest absolute Gasteiger partial charge is 0.134 e. The molecule has 2 aromatic heterocycles. The maximum Gasteiger partial charge on any atom is 0.134 e. The first-order chi connectivity index (χ1) is 9.72. The van der Waals surface area contributed by atoms with Crippen molar-refractivity contribution < 1.29 is 0 Å². The number of nitrogens with zero attached hydrogens (tertiary/aromatic N) is 4. The molecule has 20 heavy (non-hydrogen) atoms. The van der Waals surface area contributed by atoms with E-state index in [2.05, 4.69) is 44.0 Å². The molecule has 0 fully saturated rings. The van der Waals surface area contributed by atoms with Crippen LogP contribution in [-0.2, 0) is 6.54 Å². The van der Waals surface area contributed by atoms with Crippen molar-refractivity contribution >= 4 is 11.6 Å². The van der Waals surface area contributed by atoms with Gasteiger partial charge in [0.25, 0.3) is 0 Å². The fourth-order valence-corrected chi connectivity index (χ4v) is 2.17. The summed E-state index contributed by atoms with van der Waals surface area (Å²) in [7, 11) is 1.89. The van der Waals surface area contributed by atoms with Crippen molar-refractivity contribution in [1.29, 1.82) is 0 Å². The van der Waals surface area contributed by atoms with Crippen LogP contribution in [0.2, 0.25) is 0 Å². The number of aromatic nitrogens is 4. The average Bonchev–Trinajstić information content (AvgIpc) is 2.96. The Bertz CT molecular complexity index is 520. The minimum Gasteiger partial charge on any atom is -0.373 e. The van der Waals surface area contributed by atoms with Crippen LogP contribution in [0, 0.1) is 0 Å². The van der Waals surface area contributed by atoms with Gasteiger partial charge in [-0.25, -0.2) is 15.0 Å². The highest BCUT2D eigenvalue weighted by Gasteiger charge is 2.13. The van der Waals surface area contributed by atoms with Crippen LogP contribution in [-0.4, -0.2) is 33.1 Å². The third-order valence-electron chi connectivity index (χ3n) is 3.14. The van der Waals surface area contributed by atoms with E-state index in [0.717, 1.165) is 36.7 Å². The molecule has 0 radical (unpaired) electrons. The van der Waals surface area contributed by atoms with Crippen LogP contribution in [0.1, 0.15) is 31.7 Å². The molecule has 0 aromatic carbocycles. The second-order valence-corrected chi connectivity index (χ2v) is 4.97. The number of hydrogen-bond acceptors (Lipinski definition) is 5. The molecule has 0 bridgehead atoms. The molecule has 2 heterocycles. The van der Waals surface area contributed by atoms with Crippen LogP contribution < -0.4 is 10.6 Å². The SMILES string of the molecule is CNc1ncnc(NCCCn2ccnc2)c1C(C)C. The Hall–Kier alpha value is -2.11. The molecule has 0 unspecified atom stereocenters. The zero-order chi connectivity index (χ0) is 14.4. The van der Waals surface area contributed by atoms with E-state index in [4.69, 9.17) is 0 Å². The number of aryl methyl sites for hydroxylation is 1. The van der Waals surface area contributed by atoms with Gasteiger partial charge in [-0.15, -0.1) is 0 Å². The van der Waals surface area contributed by atoms with E-state index in [0.29, 0.717) is 5.92 Å². The van der Waals surface area contributed by atoms with Crippen molar-refractivity contribution in [3.8, 4) is 0 Å². The minimum atomic E-state index is 0.370. The summed E-state index contributed by atoms with van der Waals surface area (Å²) in [6.07, 6.45) is 8.23. The van der Waals surface area contributed by atoms with Crippen LogP contribution in [0.5, 0.6) is 0 Å². The lowest BCUT2D eigenvalue weighted by Gasteiger charge is -2.16. The highest BCUT2D eigenvalue weighted by atomic mass is 15.1. The Morgan fingerprint density at radius 3 is 2.70 bits per heavy atom. The van der Waals surface area contributed by atoms with Crippen molar-refractivity contribution in [3.05, 3.63) is 30.6 Å². The van der Waals surface area contributed by atoms with E-state index in [1.165, 1.54) is 0 Å². The van der Waals surface area contributed by atoms with Gasteiger partial charge in [0.2, 0.25) is 0 Å². The highest BCUT2D eigenvalue weighted by Crippen LogP contribution is 2.27.